The molecular formula is C11H22N3NaO3. The van der Waals surface area contributed by atoms with E-state index >= 15 is 0 Å². The van der Waals surface area contributed by atoms with Crippen LogP contribution in [-0.2, 0) is 9.59 Å². The molecule has 7 heteroatoms. The molecule has 0 aromatic heterocycles. The summed E-state index contributed by atoms with van der Waals surface area (Å²) in [5.74, 6) is -1.04. The minimum atomic E-state index is -1.11. The van der Waals surface area contributed by atoms with E-state index in [2.05, 4.69) is 10.3 Å². The number of nitrogens with zero attached hydrogens (tertiary/aromatic N) is 1. The van der Waals surface area contributed by atoms with Crippen molar-refractivity contribution in [1.29, 1.82) is 0 Å². The van der Waals surface area contributed by atoms with Crippen LogP contribution in [0.5, 0.6) is 0 Å². The van der Waals surface area contributed by atoms with Gasteiger partial charge >= 0.3 is 29.6 Å². The predicted octanol–water partition coefficient (Wildman–Crippen LogP) is 0.903. The molecule has 1 rings (SSSR count). The van der Waals surface area contributed by atoms with Crippen molar-refractivity contribution >= 4 is 47.4 Å². The fourth-order valence-corrected chi connectivity index (χ4v) is 2.31. The van der Waals surface area contributed by atoms with Crippen LogP contribution >= 0.6 is 0 Å². The summed E-state index contributed by atoms with van der Waals surface area (Å²) in [5.41, 5.74) is -1.11. The van der Waals surface area contributed by atoms with E-state index in [0.717, 1.165) is 12.8 Å². The molecular weight excluding hydrogens is 245 g/mol. The third kappa shape index (κ3) is 3.32. The van der Waals surface area contributed by atoms with E-state index < -0.39 is 23.3 Å². The topological polar surface area (TPSA) is 114 Å². The van der Waals surface area contributed by atoms with Gasteiger partial charge in [-0.05, 0) is 18.8 Å². The Labute approximate surface area is 129 Å². The maximum absolute atomic E-state index is 11.9. The average molecular weight is 267 g/mol. The monoisotopic (exact) mass is 267 g/mol. The number of rotatable bonds is 4. The van der Waals surface area contributed by atoms with Gasteiger partial charge in [-0.1, -0.05) is 27.2 Å². The molecule has 2 unspecified atom stereocenters. The van der Waals surface area contributed by atoms with Crippen LogP contribution in [0.4, 0.5) is 0 Å². The van der Waals surface area contributed by atoms with Crippen molar-refractivity contribution in [2.24, 2.45) is 16.3 Å². The van der Waals surface area contributed by atoms with Gasteiger partial charge in [-0.2, -0.15) is 4.99 Å². The Morgan fingerprint density at radius 1 is 1.39 bits per heavy atom. The van der Waals surface area contributed by atoms with Crippen LogP contribution in [0.1, 0.15) is 40.0 Å². The van der Waals surface area contributed by atoms with Gasteiger partial charge in [-0.3, -0.25) is 14.9 Å². The summed E-state index contributed by atoms with van der Waals surface area (Å²) in [4.78, 5) is 27.2. The molecule has 0 aromatic rings. The molecule has 0 spiro atoms. The SMILES string of the molecule is CCCC(C)C1(CC)C(=O)N=C(O)NC1=O.N.[NaH]. The summed E-state index contributed by atoms with van der Waals surface area (Å²) in [6.07, 6.45) is 2.08. The minimum absolute atomic E-state index is 0. The normalized spacial score (nSPS) is 24.3. The second kappa shape index (κ2) is 7.89. The van der Waals surface area contributed by atoms with E-state index in [-0.39, 0.29) is 41.6 Å². The molecule has 1 aliphatic rings. The number of aliphatic hydroxyl groups is 1. The molecule has 100 valence electrons. The Kier molecular flexibility index (Phi) is 8.72. The van der Waals surface area contributed by atoms with Crippen LogP contribution in [0.15, 0.2) is 4.99 Å². The van der Waals surface area contributed by atoms with E-state index in [1.165, 1.54) is 0 Å². The second-order valence-corrected chi connectivity index (χ2v) is 4.21. The van der Waals surface area contributed by atoms with Gasteiger partial charge in [-0.25, -0.2) is 0 Å². The van der Waals surface area contributed by atoms with Crippen molar-refractivity contribution in [2.45, 2.75) is 40.0 Å². The average Bonchev–Trinajstić information content (AvgIpc) is 2.18. The van der Waals surface area contributed by atoms with Crippen molar-refractivity contribution in [3.05, 3.63) is 0 Å². The molecule has 0 aromatic carbocycles. The van der Waals surface area contributed by atoms with Crippen LogP contribution in [0.25, 0.3) is 0 Å². The van der Waals surface area contributed by atoms with Crippen molar-refractivity contribution < 1.29 is 14.7 Å². The van der Waals surface area contributed by atoms with Gasteiger partial charge in [-0.15, -0.1) is 0 Å². The van der Waals surface area contributed by atoms with E-state index in [0.29, 0.717) is 6.42 Å². The van der Waals surface area contributed by atoms with Crippen molar-refractivity contribution in [3.63, 3.8) is 0 Å². The molecule has 5 N–H and O–H groups in total. The van der Waals surface area contributed by atoms with Gasteiger partial charge in [0.1, 0.15) is 5.41 Å². The van der Waals surface area contributed by atoms with Crippen LogP contribution in [0.2, 0.25) is 0 Å². The zero-order valence-electron chi connectivity index (χ0n) is 10.6. The van der Waals surface area contributed by atoms with E-state index in [1.54, 1.807) is 6.92 Å². The molecule has 0 radical (unpaired) electrons. The Morgan fingerprint density at radius 2 is 1.94 bits per heavy atom. The van der Waals surface area contributed by atoms with Crippen molar-refractivity contribution in [1.82, 2.24) is 11.5 Å². The number of nitrogens with one attached hydrogen (secondary N) is 1. The summed E-state index contributed by atoms with van der Waals surface area (Å²) in [6, 6.07) is -0.595. The fraction of sp³-hybridized carbons (Fsp3) is 0.727. The zero-order chi connectivity index (χ0) is 12.3. The molecule has 0 aliphatic carbocycles. The first-order valence-corrected chi connectivity index (χ1v) is 5.62. The van der Waals surface area contributed by atoms with E-state index in [4.69, 9.17) is 5.11 Å². The summed E-state index contributed by atoms with van der Waals surface area (Å²) in [7, 11) is 0. The number of hydrogen-bond donors (Lipinski definition) is 3. The van der Waals surface area contributed by atoms with Crippen molar-refractivity contribution in [3.8, 4) is 0 Å². The fourth-order valence-electron chi connectivity index (χ4n) is 2.31. The Hall–Kier alpha value is -0.430. The van der Waals surface area contributed by atoms with E-state index in [1.807, 2.05) is 13.8 Å². The van der Waals surface area contributed by atoms with Crippen LogP contribution < -0.4 is 11.5 Å². The molecule has 0 fully saturated rings. The van der Waals surface area contributed by atoms with Crippen LogP contribution in [0, 0.1) is 11.3 Å². The first kappa shape index (κ1) is 19.9. The maximum atomic E-state index is 11.9. The first-order valence-electron chi connectivity index (χ1n) is 5.62. The molecule has 0 bridgehead atoms. The molecule has 2 atom stereocenters. The van der Waals surface area contributed by atoms with Gasteiger partial charge < -0.3 is 11.3 Å². The number of amides is 2. The Bertz CT molecular complexity index is 346. The number of carbonyl (C=O) groups excluding carboxylic acids is 2. The quantitative estimate of drug-likeness (QED) is 0.518. The Morgan fingerprint density at radius 3 is 2.33 bits per heavy atom. The standard InChI is InChI=1S/C11H18N2O3.H3N.Na.H/c1-4-6-7(3)11(5-2)8(14)12-10(16)13-9(11)15;;;/h7H,4-6H2,1-3H3,(H2,12,13,14,15,16);1H3;;. The van der Waals surface area contributed by atoms with Gasteiger partial charge in [0.25, 0.3) is 11.9 Å². The molecule has 0 saturated heterocycles. The molecule has 2 amide bonds. The third-order valence-electron chi connectivity index (χ3n) is 3.34. The summed E-state index contributed by atoms with van der Waals surface area (Å²) in [6.45, 7) is 5.68. The number of aliphatic imine (C=N–C) groups is 1. The summed E-state index contributed by atoms with van der Waals surface area (Å²) >= 11 is 0. The number of carbonyl (C=O) groups is 2. The molecule has 1 aliphatic heterocycles. The first-order chi connectivity index (χ1) is 7.48. The zero-order valence-corrected chi connectivity index (χ0v) is 10.6. The van der Waals surface area contributed by atoms with Gasteiger partial charge in [0.05, 0.1) is 0 Å². The molecule has 0 saturated carbocycles. The Balaban J connectivity index is 0. The van der Waals surface area contributed by atoms with Gasteiger partial charge in [0.15, 0.2) is 0 Å². The molecule has 1 heterocycles. The third-order valence-corrected chi connectivity index (χ3v) is 3.34. The predicted molar refractivity (Wildman–Crippen MR) is 72.2 cm³/mol. The number of hydrogen-bond acceptors (Lipinski definition) is 3. The summed E-state index contributed by atoms with van der Waals surface area (Å²) < 4.78 is 0. The van der Waals surface area contributed by atoms with Gasteiger partial charge in [0.2, 0.25) is 5.91 Å². The van der Waals surface area contributed by atoms with E-state index in [9.17, 15) is 9.59 Å². The van der Waals surface area contributed by atoms with Gasteiger partial charge in [0, 0.05) is 0 Å². The van der Waals surface area contributed by atoms with Crippen molar-refractivity contribution in [2.75, 3.05) is 0 Å². The molecule has 6 nitrogen and oxygen atoms in total. The van der Waals surface area contributed by atoms with Crippen LogP contribution in [-0.4, -0.2) is 52.5 Å². The second-order valence-electron chi connectivity index (χ2n) is 4.21. The van der Waals surface area contributed by atoms with Crippen LogP contribution in [0.3, 0.4) is 0 Å². The number of amidine groups is 1. The summed E-state index contributed by atoms with van der Waals surface area (Å²) in [5, 5.41) is 11.3. The number of aliphatic hydroxyl groups excluding tert-OH is 1. The molecule has 18 heavy (non-hydrogen) atoms.